The van der Waals surface area contributed by atoms with Crippen LogP contribution in [0.15, 0.2) is 76.1 Å². The van der Waals surface area contributed by atoms with Gasteiger partial charge in [-0.2, -0.15) is 0 Å². The number of hydrogen-bond acceptors (Lipinski definition) is 6. The summed E-state index contributed by atoms with van der Waals surface area (Å²) in [6, 6.07) is 17.8. The molecule has 3 heterocycles. The minimum atomic E-state index is -0.503. The molecule has 0 aliphatic carbocycles. The first-order chi connectivity index (χ1) is 16.0. The number of oxazole rings is 1. The zero-order chi connectivity index (χ0) is 22.9. The zero-order valence-electron chi connectivity index (χ0n) is 17.8. The summed E-state index contributed by atoms with van der Waals surface area (Å²) in [5.74, 6) is -0.419. The third-order valence-corrected chi connectivity index (χ3v) is 5.69. The molecule has 0 bridgehead atoms. The number of aryl methyl sites for hydroxylation is 1. The molecule has 33 heavy (non-hydrogen) atoms. The van der Waals surface area contributed by atoms with Crippen LogP contribution in [0.25, 0.3) is 11.1 Å². The normalized spacial score (nSPS) is 15.2. The molecule has 1 atom stereocenters. The second-order valence-corrected chi connectivity index (χ2v) is 7.73. The average molecular weight is 443 g/mol. The van der Waals surface area contributed by atoms with Crippen molar-refractivity contribution in [1.82, 2.24) is 14.9 Å². The van der Waals surface area contributed by atoms with E-state index in [9.17, 15) is 14.4 Å². The lowest BCUT2D eigenvalue weighted by Crippen LogP contribution is -2.45. The van der Waals surface area contributed by atoms with Gasteiger partial charge >= 0.3 is 5.76 Å². The maximum atomic E-state index is 12.8. The van der Waals surface area contributed by atoms with Crippen molar-refractivity contribution in [3.63, 3.8) is 0 Å². The Balaban J connectivity index is 1.35. The number of fused-ring (bicyclic) bond motifs is 2. The highest BCUT2D eigenvalue weighted by molar-refractivity contribution is 6.01. The van der Waals surface area contributed by atoms with Gasteiger partial charge in [0.1, 0.15) is 12.0 Å². The Morgan fingerprint density at radius 2 is 1.88 bits per heavy atom. The summed E-state index contributed by atoms with van der Waals surface area (Å²) >= 11 is 0. The zero-order valence-corrected chi connectivity index (χ0v) is 17.8. The molecule has 5 rings (SSSR count). The molecule has 0 unspecified atom stereocenters. The number of nitrogens with zero attached hydrogens (tertiary/aromatic N) is 3. The van der Waals surface area contributed by atoms with Crippen molar-refractivity contribution in [1.29, 1.82) is 0 Å². The molecule has 9 nitrogen and oxygen atoms in total. The fourth-order valence-corrected chi connectivity index (χ4v) is 4.06. The third-order valence-electron chi connectivity index (χ3n) is 5.69. The second-order valence-electron chi connectivity index (χ2n) is 7.73. The van der Waals surface area contributed by atoms with Gasteiger partial charge < -0.3 is 20.0 Å². The standard InChI is InChI=1S/C24H21N5O4/c1-28-21-16(8-6-13-25-21)23(31)27-22(28)15-7-2-3-9-17(15)26-20(30)12-14-29-18-10-4-5-11-19(18)33-24(29)32/h2-11,13,22H,12,14H2,1H3,(H,26,30)(H,27,31)/t22-/m0/s1. The van der Waals surface area contributed by atoms with Gasteiger partial charge in [0.2, 0.25) is 5.91 Å². The molecule has 0 fully saturated rings. The lowest BCUT2D eigenvalue weighted by Gasteiger charge is -2.36. The number of carbonyl (C=O) groups excluding carboxylic acids is 2. The number of hydrogen-bond donors (Lipinski definition) is 2. The Bertz CT molecular complexity index is 1420. The van der Waals surface area contributed by atoms with Crippen LogP contribution in [0.5, 0.6) is 0 Å². The van der Waals surface area contributed by atoms with Crippen molar-refractivity contribution >= 4 is 34.4 Å². The number of rotatable bonds is 5. The molecule has 2 aromatic carbocycles. The predicted octanol–water partition coefficient (Wildman–Crippen LogP) is 2.90. The van der Waals surface area contributed by atoms with Gasteiger partial charge in [0.05, 0.1) is 11.1 Å². The van der Waals surface area contributed by atoms with Gasteiger partial charge in [-0.25, -0.2) is 9.78 Å². The Kier molecular flexibility index (Phi) is 5.14. The maximum Gasteiger partial charge on any atom is 0.419 e. The molecule has 9 heteroatoms. The average Bonchev–Trinajstić information content (AvgIpc) is 3.15. The number of aromatic nitrogens is 2. The molecule has 2 amide bonds. The van der Waals surface area contributed by atoms with E-state index < -0.39 is 11.9 Å². The van der Waals surface area contributed by atoms with Crippen molar-refractivity contribution in [2.24, 2.45) is 0 Å². The summed E-state index contributed by atoms with van der Waals surface area (Å²) in [6.07, 6.45) is 1.21. The lowest BCUT2D eigenvalue weighted by molar-refractivity contribution is -0.116. The number of carbonyl (C=O) groups is 2. The molecular formula is C24H21N5O4. The summed E-state index contributed by atoms with van der Waals surface area (Å²) in [4.78, 5) is 43.7. The molecule has 2 aromatic heterocycles. The minimum Gasteiger partial charge on any atom is -0.408 e. The van der Waals surface area contributed by atoms with Crippen LogP contribution in [0.2, 0.25) is 0 Å². The molecule has 166 valence electrons. The number of nitrogens with one attached hydrogen (secondary N) is 2. The first kappa shape index (κ1) is 20.5. The largest absolute Gasteiger partial charge is 0.419 e. The summed E-state index contributed by atoms with van der Waals surface area (Å²) in [5.41, 5.74) is 2.93. The van der Waals surface area contributed by atoms with E-state index in [1.807, 2.05) is 36.2 Å². The second kappa shape index (κ2) is 8.27. The Hall–Kier alpha value is -4.40. The molecule has 0 radical (unpaired) electrons. The van der Waals surface area contributed by atoms with Crippen LogP contribution in [0.1, 0.15) is 28.5 Å². The Morgan fingerprint density at radius 1 is 1.09 bits per heavy atom. The molecule has 2 N–H and O–H groups in total. The molecular weight excluding hydrogens is 422 g/mol. The van der Waals surface area contributed by atoms with E-state index in [0.29, 0.717) is 28.2 Å². The fraction of sp³-hybridized carbons (Fsp3) is 0.167. The van der Waals surface area contributed by atoms with Crippen LogP contribution in [0.4, 0.5) is 11.5 Å². The quantitative estimate of drug-likeness (QED) is 0.491. The van der Waals surface area contributed by atoms with Gasteiger partial charge in [-0.3, -0.25) is 14.2 Å². The van der Waals surface area contributed by atoms with Gasteiger partial charge in [0.25, 0.3) is 5.91 Å². The first-order valence-electron chi connectivity index (χ1n) is 10.5. The van der Waals surface area contributed by atoms with E-state index in [2.05, 4.69) is 15.6 Å². The first-order valence-corrected chi connectivity index (χ1v) is 10.5. The Labute approximate surface area is 188 Å². The Morgan fingerprint density at radius 3 is 2.76 bits per heavy atom. The smallest absolute Gasteiger partial charge is 0.408 e. The molecule has 0 saturated heterocycles. The van der Waals surface area contributed by atoms with Crippen molar-refractivity contribution in [3.05, 3.63) is 88.5 Å². The topological polar surface area (TPSA) is 109 Å². The summed E-state index contributed by atoms with van der Waals surface area (Å²) in [7, 11) is 1.84. The van der Waals surface area contributed by atoms with E-state index in [4.69, 9.17) is 4.42 Å². The lowest BCUT2D eigenvalue weighted by atomic mass is 10.0. The number of anilines is 2. The van der Waals surface area contributed by atoms with Gasteiger partial charge in [0.15, 0.2) is 5.58 Å². The van der Waals surface area contributed by atoms with Crippen LogP contribution in [0.3, 0.4) is 0 Å². The molecule has 4 aromatic rings. The number of amides is 2. The number of para-hydroxylation sites is 3. The van der Waals surface area contributed by atoms with Crippen LogP contribution in [0, 0.1) is 0 Å². The summed E-state index contributed by atoms with van der Waals surface area (Å²) in [5, 5.41) is 5.89. The van der Waals surface area contributed by atoms with Crippen LogP contribution in [-0.4, -0.2) is 28.4 Å². The molecule has 0 spiro atoms. The molecule has 1 aliphatic heterocycles. The molecule has 0 saturated carbocycles. The van der Waals surface area contributed by atoms with E-state index in [-0.39, 0.29) is 24.8 Å². The van der Waals surface area contributed by atoms with E-state index in [0.717, 1.165) is 5.56 Å². The highest BCUT2D eigenvalue weighted by Gasteiger charge is 2.31. The van der Waals surface area contributed by atoms with E-state index >= 15 is 0 Å². The number of benzene rings is 2. The van der Waals surface area contributed by atoms with Gasteiger partial charge in [-0.1, -0.05) is 30.3 Å². The van der Waals surface area contributed by atoms with Crippen molar-refractivity contribution in [2.45, 2.75) is 19.1 Å². The van der Waals surface area contributed by atoms with Gasteiger partial charge in [-0.15, -0.1) is 0 Å². The summed E-state index contributed by atoms with van der Waals surface area (Å²) < 4.78 is 6.67. The van der Waals surface area contributed by atoms with Crippen LogP contribution < -0.4 is 21.3 Å². The fourth-order valence-electron chi connectivity index (χ4n) is 4.06. The van der Waals surface area contributed by atoms with Crippen LogP contribution in [-0.2, 0) is 11.3 Å². The maximum absolute atomic E-state index is 12.8. The van der Waals surface area contributed by atoms with Crippen molar-refractivity contribution in [3.8, 4) is 0 Å². The van der Waals surface area contributed by atoms with Crippen molar-refractivity contribution in [2.75, 3.05) is 17.3 Å². The highest BCUT2D eigenvalue weighted by Crippen LogP contribution is 2.33. The van der Waals surface area contributed by atoms with Gasteiger partial charge in [0, 0.05) is 37.5 Å². The SMILES string of the molecule is CN1c2ncccc2C(=O)N[C@@H]1c1ccccc1NC(=O)CCn1c(=O)oc2ccccc21. The predicted molar refractivity (Wildman–Crippen MR) is 123 cm³/mol. The third kappa shape index (κ3) is 3.73. The van der Waals surface area contributed by atoms with Crippen LogP contribution >= 0.6 is 0 Å². The van der Waals surface area contributed by atoms with E-state index in [1.54, 1.807) is 42.6 Å². The highest BCUT2D eigenvalue weighted by atomic mass is 16.4. The minimum absolute atomic E-state index is 0.0784. The van der Waals surface area contributed by atoms with Gasteiger partial charge in [-0.05, 0) is 30.3 Å². The van der Waals surface area contributed by atoms with E-state index in [1.165, 1.54) is 4.57 Å². The molecule has 1 aliphatic rings. The monoisotopic (exact) mass is 443 g/mol. The number of pyridine rings is 1. The summed E-state index contributed by atoms with van der Waals surface area (Å²) in [6.45, 7) is 0.182. The van der Waals surface area contributed by atoms with Crippen molar-refractivity contribution < 1.29 is 14.0 Å².